The van der Waals surface area contributed by atoms with Crippen LogP contribution >= 0.6 is 0 Å². The number of nitrogens with one attached hydrogen (secondary N) is 2. The normalized spacial score (nSPS) is 16.1. The Morgan fingerprint density at radius 1 is 1.27 bits per heavy atom. The first-order valence-electron chi connectivity index (χ1n) is 3.89. The van der Waals surface area contributed by atoms with Gasteiger partial charge in [0.15, 0.2) is 0 Å². The summed E-state index contributed by atoms with van der Waals surface area (Å²) in [6.45, 7) is 8.30. The lowest BCUT2D eigenvalue weighted by Gasteiger charge is -2.02. The average Bonchev–Trinajstić information content (AvgIpc) is 2.33. The number of hydrogen-bond donors (Lipinski definition) is 2. The zero-order valence-electron chi connectivity index (χ0n) is 7.52. The predicted molar refractivity (Wildman–Crippen MR) is 46.9 cm³/mol. The van der Waals surface area contributed by atoms with Gasteiger partial charge in [0.2, 0.25) is 0 Å². The molecule has 1 heterocycles. The quantitative estimate of drug-likeness (QED) is 0.597. The molecule has 0 saturated carbocycles. The van der Waals surface area contributed by atoms with Crippen LogP contribution in [0.5, 0.6) is 0 Å². The van der Waals surface area contributed by atoms with Gasteiger partial charge in [0.1, 0.15) is 11.7 Å². The largest absolute Gasteiger partial charge is 0.286 e. The summed E-state index contributed by atoms with van der Waals surface area (Å²) in [5.41, 5.74) is 7.24. The lowest BCUT2D eigenvalue weighted by atomic mass is 10.2. The van der Waals surface area contributed by atoms with Crippen LogP contribution in [-0.2, 0) is 0 Å². The molecule has 0 aliphatic carbocycles. The van der Waals surface area contributed by atoms with Gasteiger partial charge < -0.3 is 0 Å². The van der Waals surface area contributed by atoms with E-state index in [1.165, 1.54) is 5.57 Å². The molecule has 1 aliphatic heterocycles. The van der Waals surface area contributed by atoms with Gasteiger partial charge in [-0.1, -0.05) is 13.8 Å². The minimum Gasteiger partial charge on any atom is -0.286 e. The molecule has 0 radical (unpaired) electrons. The van der Waals surface area contributed by atoms with E-state index in [9.17, 15) is 0 Å². The summed E-state index contributed by atoms with van der Waals surface area (Å²) in [4.78, 5) is 4.36. The fourth-order valence-electron chi connectivity index (χ4n) is 0.810. The van der Waals surface area contributed by atoms with Gasteiger partial charge in [-0.25, -0.2) is 4.99 Å². The minimum atomic E-state index is 0.458. The van der Waals surface area contributed by atoms with E-state index in [0.717, 1.165) is 11.7 Å². The second-order valence-corrected chi connectivity index (χ2v) is 3.25. The molecule has 0 bridgehead atoms. The van der Waals surface area contributed by atoms with Gasteiger partial charge >= 0.3 is 0 Å². The smallest absolute Gasteiger partial charge is 0.145 e. The number of hydrazine groups is 1. The Labute approximate surface area is 67.6 Å². The summed E-state index contributed by atoms with van der Waals surface area (Å²) in [5, 5.41) is 0. The molecule has 0 aromatic heterocycles. The van der Waals surface area contributed by atoms with Crippen molar-refractivity contribution < 1.29 is 0 Å². The molecule has 3 heteroatoms. The van der Waals surface area contributed by atoms with Crippen LogP contribution in [0.1, 0.15) is 27.7 Å². The van der Waals surface area contributed by atoms with Crippen LogP contribution in [0, 0.1) is 5.92 Å². The van der Waals surface area contributed by atoms with E-state index < -0.39 is 0 Å². The highest BCUT2D eigenvalue weighted by molar-refractivity contribution is 5.86. The van der Waals surface area contributed by atoms with Crippen LogP contribution in [0.2, 0.25) is 0 Å². The third-order valence-electron chi connectivity index (χ3n) is 1.56. The predicted octanol–water partition coefficient (Wildman–Crippen LogP) is 1.40. The third kappa shape index (κ3) is 1.73. The van der Waals surface area contributed by atoms with E-state index in [-0.39, 0.29) is 0 Å². The monoisotopic (exact) mass is 153 g/mol. The fraction of sp³-hybridized carbons (Fsp3) is 0.625. The lowest BCUT2D eigenvalue weighted by Crippen LogP contribution is -2.32. The van der Waals surface area contributed by atoms with Gasteiger partial charge in [0.05, 0.1) is 0 Å². The molecule has 1 rings (SSSR count). The van der Waals surface area contributed by atoms with Crippen molar-refractivity contribution in [1.29, 1.82) is 0 Å². The van der Waals surface area contributed by atoms with E-state index in [0.29, 0.717) is 5.92 Å². The molecule has 11 heavy (non-hydrogen) atoms. The number of hydrogen-bond acceptors (Lipinski definition) is 3. The van der Waals surface area contributed by atoms with E-state index in [1.807, 2.05) is 13.8 Å². The zero-order valence-corrected chi connectivity index (χ0v) is 7.52. The first-order valence-corrected chi connectivity index (χ1v) is 3.89. The van der Waals surface area contributed by atoms with Gasteiger partial charge in [-0.3, -0.25) is 10.9 Å². The summed E-state index contributed by atoms with van der Waals surface area (Å²) in [6.07, 6.45) is 0. The van der Waals surface area contributed by atoms with Crippen molar-refractivity contribution in [3.8, 4) is 0 Å². The number of aliphatic imine (C=N–C) groups is 1. The Balaban J connectivity index is 2.77. The van der Waals surface area contributed by atoms with Gasteiger partial charge in [-0.05, 0) is 19.4 Å². The molecule has 62 valence electrons. The van der Waals surface area contributed by atoms with Crippen molar-refractivity contribution in [2.24, 2.45) is 10.9 Å². The molecule has 0 aromatic rings. The van der Waals surface area contributed by atoms with Gasteiger partial charge in [-0.2, -0.15) is 0 Å². The van der Waals surface area contributed by atoms with Gasteiger partial charge in [0.25, 0.3) is 0 Å². The average molecular weight is 153 g/mol. The molecule has 2 N–H and O–H groups in total. The minimum absolute atomic E-state index is 0.458. The second kappa shape index (κ2) is 2.95. The van der Waals surface area contributed by atoms with Crippen LogP contribution in [0.4, 0.5) is 0 Å². The van der Waals surface area contributed by atoms with E-state index in [1.54, 1.807) is 0 Å². The van der Waals surface area contributed by atoms with Crippen LogP contribution in [-0.4, -0.2) is 5.84 Å². The first kappa shape index (κ1) is 8.11. The summed E-state index contributed by atoms with van der Waals surface area (Å²) >= 11 is 0. The summed E-state index contributed by atoms with van der Waals surface area (Å²) < 4.78 is 0. The first-order chi connectivity index (χ1) is 5.11. The number of rotatable bonds is 1. The Bertz CT molecular complexity index is 209. The molecular weight excluding hydrogens is 138 g/mol. The summed E-state index contributed by atoms with van der Waals surface area (Å²) in [5.74, 6) is 2.43. The standard InChI is InChI=1S/C8H15N3/c1-5(2)7-9-8(6(3)4)11-10-7/h5,11H,1-4H3,(H,9,10). The molecule has 1 aliphatic rings. The van der Waals surface area contributed by atoms with E-state index in [2.05, 4.69) is 29.7 Å². The van der Waals surface area contributed by atoms with E-state index >= 15 is 0 Å². The van der Waals surface area contributed by atoms with Crippen LogP contribution in [0.3, 0.4) is 0 Å². The maximum atomic E-state index is 4.36. The molecule has 0 atom stereocenters. The number of allylic oxidation sites excluding steroid dienone is 1. The Hall–Kier alpha value is -0.990. The SMILES string of the molecule is CC(C)=C1N=C(C(C)C)NN1. The van der Waals surface area contributed by atoms with Crippen LogP contribution in [0.15, 0.2) is 16.4 Å². The second-order valence-electron chi connectivity index (χ2n) is 3.25. The van der Waals surface area contributed by atoms with Crippen molar-refractivity contribution in [2.75, 3.05) is 0 Å². The number of nitrogens with zero attached hydrogens (tertiary/aromatic N) is 1. The van der Waals surface area contributed by atoms with Crippen molar-refractivity contribution in [3.63, 3.8) is 0 Å². The maximum absolute atomic E-state index is 4.36. The Morgan fingerprint density at radius 3 is 2.18 bits per heavy atom. The summed E-state index contributed by atoms with van der Waals surface area (Å²) in [6, 6.07) is 0. The highest BCUT2D eigenvalue weighted by Crippen LogP contribution is 2.07. The maximum Gasteiger partial charge on any atom is 0.145 e. The summed E-state index contributed by atoms with van der Waals surface area (Å²) in [7, 11) is 0. The molecule has 3 nitrogen and oxygen atoms in total. The Morgan fingerprint density at radius 2 is 1.91 bits per heavy atom. The van der Waals surface area contributed by atoms with Crippen molar-refractivity contribution in [3.05, 3.63) is 11.4 Å². The molecule has 0 spiro atoms. The van der Waals surface area contributed by atoms with Gasteiger partial charge in [0, 0.05) is 5.92 Å². The molecule has 0 saturated heterocycles. The molecule has 0 unspecified atom stereocenters. The zero-order chi connectivity index (χ0) is 8.43. The van der Waals surface area contributed by atoms with Crippen LogP contribution < -0.4 is 10.9 Å². The van der Waals surface area contributed by atoms with Crippen LogP contribution in [0.25, 0.3) is 0 Å². The van der Waals surface area contributed by atoms with Crippen molar-refractivity contribution in [2.45, 2.75) is 27.7 Å². The number of amidine groups is 1. The van der Waals surface area contributed by atoms with Crippen molar-refractivity contribution >= 4 is 5.84 Å². The topological polar surface area (TPSA) is 36.4 Å². The highest BCUT2D eigenvalue weighted by atomic mass is 15.5. The molecular formula is C8H15N3. The van der Waals surface area contributed by atoms with Gasteiger partial charge in [-0.15, -0.1) is 0 Å². The molecule has 0 aromatic carbocycles. The van der Waals surface area contributed by atoms with Crippen molar-refractivity contribution in [1.82, 2.24) is 10.9 Å². The Kier molecular flexibility index (Phi) is 2.17. The highest BCUT2D eigenvalue weighted by Gasteiger charge is 2.12. The molecule has 0 fully saturated rings. The fourth-order valence-corrected chi connectivity index (χ4v) is 0.810. The third-order valence-corrected chi connectivity index (χ3v) is 1.56. The van der Waals surface area contributed by atoms with E-state index in [4.69, 9.17) is 0 Å². The lowest BCUT2D eigenvalue weighted by molar-refractivity contribution is 0.754. The molecule has 0 amide bonds.